The first-order valence-electron chi connectivity index (χ1n) is 10.8. The molecule has 0 fully saturated rings. The van der Waals surface area contributed by atoms with E-state index < -0.39 is 34.1 Å². The summed E-state index contributed by atoms with van der Waals surface area (Å²) in [5.74, 6) is -0.951. The standard InChI is InChI=1S/C24H30Cl3N3O4S/c1-15-18(25)8-7-9-21(15)30(35(6,33)34)14-22(31)29(16(2)23(32)28-24(3,4)5)13-17-10-11-19(26)20(27)12-17/h7-12,16H,13-14H2,1-6H3,(H,28,32). The van der Waals surface area contributed by atoms with Crippen LogP contribution in [0.1, 0.15) is 38.8 Å². The average molecular weight is 563 g/mol. The van der Waals surface area contributed by atoms with Gasteiger partial charge >= 0.3 is 0 Å². The van der Waals surface area contributed by atoms with Crippen molar-refractivity contribution in [2.45, 2.75) is 52.7 Å². The minimum absolute atomic E-state index is 0.0145. The van der Waals surface area contributed by atoms with Gasteiger partial charge < -0.3 is 10.2 Å². The number of rotatable bonds is 8. The van der Waals surface area contributed by atoms with Crippen molar-refractivity contribution in [2.24, 2.45) is 0 Å². The van der Waals surface area contributed by atoms with Crippen LogP contribution in [0.3, 0.4) is 0 Å². The van der Waals surface area contributed by atoms with E-state index in [0.29, 0.717) is 26.2 Å². The number of benzene rings is 2. The molecule has 1 N–H and O–H groups in total. The quantitative estimate of drug-likeness (QED) is 0.488. The maximum Gasteiger partial charge on any atom is 0.244 e. The van der Waals surface area contributed by atoms with E-state index in [1.807, 2.05) is 20.8 Å². The summed E-state index contributed by atoms with van der Waals surface area (Å²) in [6, 6.07) is 8.82. The second-order valence-corrected chi connectivity index (χ2v) is 12.5. The molecule has 0 saturated heterocycles. The van der Waals surface area contributed by atoms with Gasteiger partial charge in [-0.05, 0) is 70.0 Å². The molecule has 35 heavy (non-hydrogen) atoms. The van der Waals surface area contributed by atoms with E-state index in [1.54, 1.807) is 50.2 Å². The van der Waals surface area contributed by atoms with E-state index in [9.17, 15) is 18.0 Å². The summed E-state index contributed by atoms with van der Waals surface area (Å²) in [6.45, 7) is 8.25. The molecule has 0 radical (unpaired) electrons. The van der Waals surface area contributed by atoms with Gasteiger partial charge in [0.1, 0.15) is 12.6 Å². The highest BCUT2D eigenvalue weighted by Gasteiger charge is 2.32. The van der Waals surface area contributed by atoms with Gasteiger partial charge in [-0.25, -0.2) is 8.42 Å². The third-order valence-corrected chi connectivity index (χ3v) is 7.46. The van der Waals surface area contributed by atoms with Crippen molar-refractivity contribution < 1.29 is 18.0 Å². The Hall–Kier alpha value is -2.00. The molecule has 0 heterocycles. The molecule has 0 aliphatic rings. The molecule has 2 rings (SSSR count). The number of nitrogens with one attached hydrogen (secondary N) is 1. The molecule has 0 aliphatic carbocycles. The molecule has 0 aliphatic heterocycles. The van der Waals surface area contributed by atoms with Crippen molar-refractivity contribution in [2.75, 3.05) is 17.1 Å². The molecule has 2 aromatic rings. The van der Waals surface area contributed by atoms with Crippen molar-refractivity contribution in [3.05, 3.63) is 62.6 Å². The molecule has 7 nitrogen and oxygen atoms in total. The van der Waals surface area contributed by atoms with Crippen LogP contribution in [0.15, 0.2) is 36.4 Å². The molecular formula is C24H30Cl3N3O4S. The Bertz CT molecular complexity index is 1210. The monoisotopic (exact) mass is 561 g/mol. The first-order chi connectivity index (χ1) is 16.0. The summed E-state index contributed by atoms with van der Waals surface area (Å²) in [5, 5.41) is 3.89. The topological polar surface area (TPSA) is 86.8 Å². The van der Waals surface area contributed by atoms with Crippen molar-refractivity contribution in [1.29, 1.82) is 0 Å². The summed E-state index contributed by atoms with van der Waals surface area (Å²) < 4.78 is 26.4. The van der Waals surface area contributed by atoms with Crippen LogP contribution in [-0.2, 0) is 26.2 Å². The Morgan fingerprint density at radius 1 is 1.03 bits per heavy atom. The zero-order valence-corrected chi connectivity index (χ0v) is 23.6. The predicted octanol–water partition coefficient (Wildman–Crippen LogP) is 5.05. The summed E-state index contributed by atoms with van der Waals surface area (Å²) in [7, 11) is -3.86. The number of carbonyl (C=O) groups is 2. The van der Waals surface area contributed by atoms with Crippen LogP contribution in [0, 0.1) is 6.92 Å². The van der Waals surface area contributed by atoms with Crippen LogP contribution >= 0.6 is 34.8 Å². The smallest absolute Gasteiger partial charge is 0.244 e. The maximum atomic E-state index is 13.6. The highest BCUT2D eigenvalue weighted by Crippen LogP contribution is 2.29. The van der Waals surface area contributed by atoms with Crippen LogP contribution in [0.25, 0.3) is 0 Å². The van der Waals surface area contributed by atoms with Gasteiger partial charge in [0, 0.05) is 17.1 Å². The molecule has 0 bridgehead atoms. The summed E-state index contributed by atoms with van der Waals surface area (Å²) in [5.41, 5.74) is 0.907. The summed E-state index contributed by atoms with van der Waals surface area (Å²) in [4.78, 5) is 27.9. The molecule has 0 saturated carbocycles. The van der Waals surface area contributed by atoms with Crippen LogP contribution in [0.4, 0.5) is 5.69 Å². The van der Waals surface area contributed by atoms with E-state index >= 15 is 0 Å². The van der Waals surface area contributed by atoms with Gasteiger partial charge in [-0.1, -0.05) is 46.9 Å². The van der Waals surface area contributed by atoms with Crippen LogP contribution < -0.4 is 9.62 Å². The van der Waals surface area contributed by atoms with Crippen LogP contribution in [0.2, 0.25) is 15.1 Å². The minimum Gasteiger partial charge on any atom is -0.350 e. The molecule has 192 valence electrons. The molecule has 2 amide bonds. The zero-order chi connectivity index (χ0) is 26.7. The van der Waals surface area contributed by atoms with Gasteiger partial charge in [-0.3, -0.25) is 13.9 Å². The van der Waals surface area contributed by atoms with E-state index in [-0.39, 0.29) is 18.1 Å². The first kappa shape index (κ1) is 29.2. The highest BCUT2D eigenvalue weighted by molar-refractivity contribution is 7.92. The Balaban J connectivity index is 2.47. The van der Waals surface area contributed by atoms with Gasteiger partial charge in [0.05, 0.1) is 22.0 Å². The molecule has 11 heteroatoms. The lowest BCUT2D eigenvalue weighted by atomic mass is 10.1. The summed E-state index contributed by atoms with van der Waals surface area (Å²) in [6.07, 6.45) is 1.01. The number of halogens is 3. The molecule has 1 unspecified atom stereocenters. The summed E-state index contributed by atoms with van der Waals surface area (Å²) >= 11 is 18.4. The molecule has 2 aromatic carbocycles. The van der Waals surface area contributed by atoms with Gasteiger partial charge in [0.25, 0.3) is 0 Å². The second-order valence-electron chi connectivity index (χ2n) is 9.34. The molecule has 0 aromatic heterocycles. The minimum atomic E-state index is -3.86. The van der Waals surface area contributed by atoms with Crippen molar-refractivity contribution in [1.82, 2.24) is 10.2 Å². The normalized spacial score (nSPS) is 12.7. The Morgan fingerprint density at radius 2 is 1.66 bits per heavy atom. The molecule has 1 atom stereocenters. The highest BCUT2D eigenvalue weighted by atomic mass is 35.5. The van der Waals surface area contributed by atoms with E-state index in [4.69, 9.17) is 34.8 Å². The fourth-order valence-corrected chi connectivity index (χ4v) is 4.74. The van der Waals surface area contributed by atoms with E-state index in [1.165, 1.54) is 4.90 Å². The number of carbonyl (C=O) groups excluding carboxylic acids is 2. The Labute approximate surface area is 222 Å². The number of sulfonamides is 1. The number of nitrogens with zero attached hydrogens (tertiary/aromatic N) is 2. The average Bonchev–Trinajstić information content (AvgIpc) is 2.72. The Morgan fingerprint density at radius 3 is 2.20 bits per heavy atom. The number of hydrogen-bond donors (Lipinski definition) is 1. The van der Waals surface area contributed by atoms with Gasteiger partial charge in [0.15, 0.2) is 0 Å². The number of hydrogen-bond acceptors (Lipinski definition) is 4. The molecular weight excluding hydrogens is 533 g/mol. The second kappa shape index (κ2) is 11.4. The number of anilines is 1. The van der Waals surface area contributed by atoms with Crippen LogP contribution in [0.5, 0.6) is 0 Å². The fourth-order valence-electron chi connectivity index (χ4n) is 3.35. The lowest BCUT2D eigenvalue weighted by Gasteiger charge is -2.33. The Kier molecular flexibility index (Phi) is 9.50. The van der Waals surface area contributed by atoms with Crippen LogP contribution in [-0.4, -0.2) is 49.5 Å². The largest absolute Gasteiger partial charge is 0.350 e. The van der Waals surface area contributed by atoms with E-state index in [0.717, 1.165) is 10.6 Å². The van der Waals surface area contributed by atoms with Gasteiger partial charge in [0.2, 0.25) is 21.8 Å². The fraction of sp³-hybridized carbons (Fsp3) is 0.417. The van der Waals surface area contributed by atoms with E-state index in [2.05, 4.69) is 5.32 Å². The van der Waals surface area contributed by atoms with Crippen molar-refractivity contribution in [3.63, 3.8) is 0 Å². The third-order valence-electron chi connectivity index (χ3n) is 5.19. The third kappa shape index (κ3) is 8.00. The maximum absolute atomic E-state index is 13.6. The van der Waals surface area contributed by atoms with Gasteiger partial charge in [-0.15, -0.1) is 0 Å². The predicted molar refractivity (Wildman–Crippen MR) is 143 cm³/mol. The van der Waals surface area contributed by atoms with Crippen molar-refractivity contribution >= 4 is 62.3 Å². The SMILES string of the molecule is Cc1c(Cl)cccc1N(CC(=O)N(Cc1ccc(Cl)c(Cl)c1)C(C)C(=O)NC(C)(C)C)S(C)(=O)=O. The van der Waals surface area contributed by atoms with Crippen molar-refractivity contribution in [3.8, 4) is 0 Å². The van der Waals surface area contributed by atoms with Gasteiger partial charge in [-0.2, -0.15) is 0 Å². The number of amides is 2. The molecule has 0 spiro atoms. The zero-order valence-electron chi connectivity index (χ0n) is 20.5. The lowest BCUT2D eigenvalue weighted by Crippen LogP contribution is -2.54. The lowest BCUT2D eigenvalue weighted by molar-refractivity contribution is -0.140. The first-order valence-corrected chi connectivity index (χ1v) is 13.8.